The molecule has 7 heteroatoms. The summed E-state index contributed by atoms with van der Waals surface area (Å²) < 4.78 is 5.86. The topological polar surface area (TPSA) is 84.7 Å². The average Bonchev–Trinajstić information content (AvgIpc) is 2.83. The first-order valence-electron chi connectivity index (χ1n) is 11.6. The van der Waals surface area contributed by atoms with Gasteiger partial charge in [0, 0.05) is 31.0 Å². The zero-order valence-corrected chi connectivity index (χ0v) is 20.4. The van der Waals surface area contributed by atoms with E-state index in [9.17, 15) is 9.59 Å². The molecule has 1 saturated heterocycles. The van der Waals surface area contributed by atoms with Gasteiger partial charge in [-0.15, -0.1) is 0 Å². The molecule has 0 saturated carbocycles. The minimum absolute atomic E-state index is 0.0372. The molecule has 2 aromatic rings. The Kier molecular flexibility index (Phi) is 9.63. The van der Waals surface area contributed by atoms with Gasteiger partial charge in [0.25, 0.3) is 0 Å². The van der Waals surface area contributed by atoms with E-state index in [0.717, 1.165) is 28.4 Å². The van der Waals surface area contributed by atoms with E-state index in [1.807, 2.05) is 85.1 Å². The third kappa shape index (κ3) is 8.09. The summed E-state index contributed by atoms with van der Waals surface area (Å²) in [4.78, 5) is 27.8. The number of hydrogen-bond acceptors (Lipinski definition) is 5. The second-order valence-corrected chi connectivity index (χ2v) is 10.1. The Morgan fingerprint density at radius 1 is 1.03 bits per heavy atom. The van der Waals surface area contributed by atoms with Crippen LogP contribution in [0, 0.1) is 5.92 Å². The van der Waals surface area contributed by atoms with Crippen molar-refractivity contribution in [2.24, 2.45) is 11.7 Å². The molecule has 0 aliphatic carbocycles. The fourth-order valence-corrected chi connectivity index (χ4v) is 4.70. The first kappa shape index (κ1) is 25.1. The van der Waals surface area contributed by atoms with Crippen LogP contribution in [0.1, 0.15) is 31.4 Å². The van der Waals surface area contributed by atoms with Crippen molar-refractivity contribution in [1.29, 1.82) is 0 Å². The molecule has 0 aromatic heterocycles. The Hall–Kier alpha value is -2.51. The van der Waals surface area contributed by atoms with E-state index < -0.39 is 12.1 Å². The average molecular weight is 470 g/mol. The van der Waals surface area contributed by atoms with Crippen molar-refractivity contribution >= 4 is 23.6 Å². The molecule has 2 unspecified atom stereocenters. The molecule has 0 spiro atoms. The predicted octanol–water partition coefficient (Wildman–Crippen LogP) is 3.24. The van der Waals surface area contributed by atoms with Crippen molar-refractivity contribution in [2.75, 3.05) is 24.6 Å². The van der Waals surface area contributed by atoms with Crippen molar-refractivity contribution < 1.29 is 14.3 Å². The SMILES string of the molecule is CC(C)CC(N)C(=O)NC(Cc1ccc(OCc2ccccc2)cc1)C(=O)N1CCSCC1. The van der Waals surface area contributed by atoms with E-state index in [4.69, 9.17) is 10.5 Å². The standard InChI is InChI=1S/C26H35N3O3S/c1-19(2)16-23(27)25(30)28-24(26(31)29-12-14-33-15-13-29)17-20-8-10-22(11-9-20)32-18-21-6-4-3-5-7-21/h3-11,19,23-24H,12-18,27H2,1-2H3,(H,28,30). The number of nitrogens with two attached hydrogens (primary N) is 1. The molecule has 33 heavy (non-hydrogen) atoms. The van der Waals surface area contributed by atoms with Gasteiger partial charge in [0.1, 0.15) is 18.4 Å². The van der Waals surface area contributed by atoms with Gasteiger partial charge < -0.3 is 20.7 Å². The number of carbonyl (C=O) groups is 2. The molecule has 3 rings (SSSR count). The number of rotatable bonds is 10. The third-order valence-corrected chi connectivity index (χ3v) is 6.55. The number of carbonyl (C=O) groups excluding carboxylic acids is 2. The van der Waals surface area contributed by atoms with Crippen LogP contribution in [0.15, 0.2) is 54.6 Å². The number of nitrogens with one attached hydrogen (secondary N) is 1. The molecule has 0 radical (unpaired) electrons. The Morgan fingerprint density at radius 2 is 1.70 bits per heavy atom. The van der Waals surface area contributed by atoms with Crippen LogP contribution in [0.4, 0.5) is 0 Å². The lowest BCUT2D eigenvalue weighted by molar-refractivity contribution is -0.136. The lowest BCUT2D eigenvalue weighted by Crippen LogP contribution is -2.54. The monoisotopic (exact) mass is 469 g/mol. The normalized spacial score (nSPS) is 15.7. The largest absolute Gasteiger partial charge is 0.489 e. The third-order valence-electron chi connectivity index (χ3n) is 5.61. The summed E-state index contributed by atoms with van der Waals surface area (Å²) in [5.74, 6) is 2.62. The van der Waals surface area contributed by atoms with Gasteiger partial charge in [-0.2, -0.15) is 11.8 Å². The molecule has 2 atom stereocenters. The second kappa shape index (κ2) is 12.7. The highest BCUT2D eigenvalue weighted by molar-refractivity contribution is 7.99. The van der Waals surface area contributed by atoms with Gasteiger partial charge in [-0.1, -0.05) is 56.3 Å². The molecule has 1 aliphatic heterocycles. The number of benzene rings is 2. The summed E-state index contributed by atoms with van der Waals surface area (Å²) in [6.07, 6.45) is 1.00. The van der Waals surface area contributed by atoms with E-state index in [1.165, 1.54) is 0 Å². The van der Waals surface area contributed by atoms with E-state index in [2.05, 4.69) is 5.32 Å². The molecule has 1 fully saturated rings. The van der Waals surface area contributed by atoms with Crippen molar-refractivity contribution in [2.45, 2.75) is 45.4 Å². The summed E-state index contributed by atoms with van der Waals surface area (Å²) in [6.45, 7) is 5.98. The number of hydrogen-bond donors (Lipinski definition) is 2. The van der Waals surface area contributed by atoms with Gasteiger partial charge in [-0.25, -0.2) is 0 Å². The molecular weight excluding hydrogens is 434 g/mol. The predicted molar refractivity (Wildman–Crippen MR) is 134 cm³/mol. The van der Waals surface area contributed by atoms with Crippen LogP contribution in [0.2, 0.25) is 0 Å². The molecular formula is C26H35N3O3S. The molecule has 1 heterocycles. The number of ether oxygens (including phenoxy) is 1. The maximum absolute atomic E-state index is 13.2. The van der Waals surface area contributed by atoms with E-state index >= 15 is 0 Å². The van der Waals surface area contributed by atoms with Crippen LogP contribution in [0.3, 0.4) is 0 Å². The zero-order chi connectivity index (χ0) is 23.6. The van der Waals surface area contributed by atoms with Crippen molar-refractivity contribution in [3.8, 4) is 5.75 Å². The van der Waals surface area contributed by atoms with Crippen molar-refractivity contribution in [3.05, 3.63) is 65.7 Å². The maximum atomic E-state index is 13.2. The molecule has 0 bridgehead atoms. The van der Waals surface area contributed by atoms with Gasteiger partial charge in [0.2, 0.25) is 11.8 Å². The van der Waals surface area contributed by atoms with Gasteiger partial charge in [-0.05, 0) is 35.6 Å². The Bertz CT molecular complexity index is 883. The lowest BCUT2D eigenvalue weighted by Gasteiger charge is -2.31. The van der Waals surface area contributed by atoms with Crippen LogP contribution in [0.5, 0.6) is 5.75 Å². The van der Waals surface area contributed by atoms with Gasteiger partial charge in [0.15, 0.2) is 0 Å². The summed E-state index contributed by atoms with van der Waals surface area (Å²) in [5, 5.41) is 2.94. The first-order chi connectivity index (χ1) is 15.9. The molecule has 1 aliphatic rings. The molecule has 6 nitrogen and oxygen atoms in total. The van der Waals surface area contributed by atoms with E-state index in [-0.39, 0.29) is 11.8 Å². The van der Waals surface area contributed by atoms with Crippen LogP contribution < -0.4 is 15.8 Å². The maximum Gasteiger partial charge on any atom is 0.245 e. The summed E-state index contributed by atoms with van der Waals surface area (Å²) >= 11 is 1.85. The number of thioether (sulfide) groups is 1. The lowest BCUT2D eigenvalue weighted by atomic mass is 10.0. The highest BCUT2D eigenvalue weighted by Crippen LogP contribution is 2.17. The number of amides is 2. The Labute approximate surface area is 201 Å². The molecule has 178 valence electrons. The number of nitrogens with zero attached hydrogens (tertiary/aromatic N) is 1. The van der Waals surface area contributed by atoms with Gasteiger partial charge in [0.05, 0.1) is 6.04 Å². The van der Waals surface area contributed by atoms with Crippen molar-refractivity contribution in [1.82, 2.24) is 10.2 Å². The van der Waals surface area contributed by atoms with Crippen LogP contribution >= 0.6 is 11.8 Å². The second-order valence-electron chi connectivity index (χ2n) is 8.86. The summed E-state index contributed by atoms with van der Waals surface area (Å²) in [7, 11) is 0. The van der Waals surface area contributed by atoms with Crippen LogP contribution in [-0.4, -0.2) is 53.4 Å². The minimum atomic E-state index is -0.630. The van der Waals surface area contributed by atoms with E-state index in [0.29, 0.717) is 38.5 Å². The minimum Gasteiger partial charge on any atom is -0.489 e. The van der Waals surface area contributed by atoms with Crippen LogP contribution in [0.25, 0.3) is 0 Å². The van der Waals surface area contributed by atoms with Crippen LogP contribution in [-0.2, 0) is 22.6 Å². The smallest absolute Gasteiger partial charge is 0.245 e. The highest BCUT2D eigenvalue weighted by Gasteiger charge is 2.29. The summed E-state index contributed by atoms with van der Waals surface area (Å²) in [5.41, 5.74) is 8.15. The van der Waals surface area contributed by atoms with Gasteiger partial charge >= 0.3 is 0 Å². The molecule has 2 aromatic carbocycles. The van der Waals surface area contributed by atoms with Crippen molar-refractivity contribution in [3.63, 3.8) is 0 Å². The summed E-state index contributed by atoms with van der Waals surface area (Å²) in [6, 6.07) is 16.5. The first-order valence-corrected chi connectivity index (χ1v) is 12.8. The van der Waals surface area contributed by atoms with E-state index in [1.54, 1.807) is 0 Å². The zero-order valence-electron chi connectivity index (χ0n) is 19.5. The quantitative estimate of drug-likeness (QED) is 0.558. The Morgan fingerprint density at radius 3 is 2.33 bits per heavy atom. The highest BCUT2D eigenvalue weighted by atomic mass is 32.2. The molecule has 3 N–H and O–H groups in total. The fourth-order valence-electron chi connectivity index (χ4n) is 3.80. The Balaban J connectivity index is 1.65. The fraction of sp³-hybridized carbons (Fsp3) is 0.462. The van der Waals surface area contributed by atoms with Gasteiger partial charge in [-0.3, -0.25) is 9.59 Å². The molecule has 2 amide bonds.